The molecule has 8 heteroatoms. The summed E-state index contributed by atoms with van der Waals surface area (Å²) in [6.07, 6.45) is 2.22. The van der Waals surface area contributed by atoms with Gasteiger partial charge < -0.3 is 10.4 Å². The molecule has 2 N–H and O–H groups in total. The summed E-state index contributed by atoms with van der Waals surface area (Å²) in [7, 11) is -3.70. The highest BCUT2D eigenvalue weighted by Crippen LogP contribution is 2.26. The number of hydrogen-bond acceptors (Lipinski definition) is 4. The minimum Gasteiger partial charge on any atom is -0.481 e. The average Bonchev–Trinajstić information content (AvgIpc) is 3.05. The predicted molar refractivity (Wildman–Crippen MR) is 92.6 cm³/mol. The molecule has 2 rings (SSSR count). The number of amides is 1. The SMILES string of the molecule is Cc1ccc(S(=O)(=O)N2CCC[C@H]2C(=O)NCCCCC(=O)O)cc1. The molecule has 0 aromatic heterocycles. The van der Waals surface area contributed by atoms with Gasteiger partial charge in [0.1, 0.15) is 6.04 Å². The van der Waals surface area contributed by atoms with Crippen LogP contribution < -0.4 is 5.32 Å². The molecule has 0 spiro atoms. The Morgan fingerprint density at radius 2 is 1.92 bits per heavy atom. The molecule has 1 aliphatic rings. The van der Waals surface area contributed by atoms with Gasteiger partial charge in [0.25, 0.3) is 0 Å². The maximum absolute atomic E-state index is 12.8. The lowest BCUT2D eigenvalue weighted by Gasteiger charge is -2.23. The van der Waals surface area contributed by atoms with Gasteiger partial charge in [-0.25, -0.2) is 8.42 Å². The van der Waals surface area contributed by atoms with E-state index >= 15 is 0 Å². The van der Waals surface area contributed by atoms with Crippen LogP contribution in [-0.4, -0.2) is 48.8 Å². The van der Waals surface area contributed by atoms with Crippen LogP contribution in [0.25, 0.3) is 0 Å². The summed E-state index contributed by atoms with van der Waals surface area (Å²) < 4.78 is 26.9. The predicted octanol–water partition coefficient (Wildman–Crippen LogP) is 1.52. The number of nitrogens with zero attached hydrogens (tertiary/aromatic N) is 1. The fourth-order valence-corrected chi connectivity index (χ4v) is 4.52. The number of nitrogens with one attached hydrogen (secondary N) is 1. The van der Waals surface area contributed by atoms with Crippen LogP contribution in [0.1, 0.15) is 37.7 Å². The van der Waals surface area contributed by atoms with Crippen molar-refractivity contribution in [3.05, 3.63) is 29.8 Å². The van der Waals surface area contributed by atoms with Gasteiger partial charge in [0, 0.05) is 19.5 Å². The van der Waals surface area contributed by atoms with Gasteiger partial charge in [-0.15, -0.1) is 0 Å². The molecule has 0 saturated carbocycles. The van der Waals surface area contributed by atoms with E-state index in [1.54, 1.807) is 24.3 Å². The molecule has 0 aliphatic carbocycles. The van der Waals surface area contributed by atoms with Crippen molar-refractivity contribution in [1.82, 2.24) is 9.62 Å². The van der Waals surface area contributed by atoms with Gasteiger partial charge in [-0.05, 0) is 44.7 Å². The Labute approximate surface area is 148 Å². The van der Waals surface area contributed by atoms with E-state index in [0.29, 0.717) is 38.8 Å². The fourth-order valence-electron chi connectivity index (χ4n) is 2.87. The Kier molecular flexibility index (Phi) is 6.55. The van der Waals surface area contributed by atoms with Gasteiger partial charge in [-0.2, -0.15) is 4.31 Å². The Hall–Kier alpha value is -1.93. The normalized spacial score (nSPS) is 18.2. The van der Waals surface area contributed by atoms with Crippen LogP contribution in [0.4, 0.5) is 0 Å². The summed E-state index contributed by atoms with van der Waals surface area (Å²) in [5.41, 5.74) is 0.969. The molecule has 0 radical (unpaired) electrons. The molecule has 1 aromatic rings. The van der Waals surface area contributed by atoms with Crippen molar-refractivity contribution in [2.45, 2.75) is 50.0 Å². The van der Waals surface area contributed by atoms with E-state index < -0.39 is 22.0 Å². The molecule has 25 heavy (non-hydrogen) atoms. The first-order chi connectivity index (χ1) is 11.8. The summed E-state index contributed by atoms with van der Waals surface area (Å²) in [5.74, 6) is -1.18. The largest absolute Gasteiger partial charge is 0.481 e. The molecule has 7 nitrogen and oxygen atoms in total. The summed E-state index contributed by atoms with van der Waals surface area (Å²) in [4.78, 5) is 23.0. The number of aryl methyl sites for hydroxylation is 1. The second kappa shape index (κ2) is 8.44. The Balaban J connectivity index is 1.97. The summed E-state index contributed by atoms with van der Waals surface area (Å²) in [6, 6.07) is 5.89. The van der Waals surface area contributed by atoms with E-state index in [0.717, 1.165) is 5.56 Å². The van der Waals surface area contributed by atoms with Crippen LogP contribution in [-0.2, 0) is 19.6 Å². The number of carbonyl (C=O) groups is 2. The van der Waals surface area contributed by atoms with Crippen LogP contribution in [0.15, 0.2) is 29.2 Å². The zero-order valence-electron chi connectivity index (χ0n) is 14.3. The first-order valence-corrected chi connectivity index (χ1v) is 9.84. The van der Waals surface area contributed by atoms with Crippen molar-refractivity contribution in [2.75, 3.05) is 13.1 Å². The van der Waals surface area contributed by atoms with E-state index in [4.69, 9.17) is 5.11 Å². The molecule has 1 saturated heterocycles. The van der Waals surface area contributed by atoms with Gasteiger partial charge in [0.15, 0.2) is 0 Å². The Morgan fingerprint density at radius 3 is 2.56 bits per heavy atom. The van der Waals surface area contributed by atoms with E-state index in [-0.39, 0.29) is 17.2 Å². The van der Waals surface area contributed by atoms with Gasteiger partial charge in [0.2, 0.25) is 15.9 Å². The van der Waals surface area contributed by atoms with Crippen LogP contribution in [0.2, 0.25) is 0 Å². The molecular formula is C17H24N2O5S. The number of carbonyl (C=O) groups excluding carboxylic acids is 1. The maximum Gasteiger partial charge on any atom is 0.303 e. The maximum atomic E-state index is 12.8. The number of sulfonamides is 1. The van der Waals surface area contributed by atoms with Crippen molar-refractivity contribution in [2.24, 2.45) is 0 Å². The highest BCUT2D eigenvalue weighted by molar-refractivity contribution is 7.89. The van der Waals surface area contributed by atoms with Crippen molar-refractivity contribution < 1.29 is 23.1 Å². The second-order valence-corrected chi connectivity index (χ2v) is 8.12. The Morgan fingerprint density at radius 1 is 1.24 bits per heavy atom. The van der Waals surface area contributed by atoms with E-state index in [1.165, 1.54) is 4.31 Å². The molecule has 1 amide bonds. The molecule has 1 fully saturated rings. The molecule has 0 bridgehead atoms. The number of carboxylic acid groups (broad SMARTS) is 1. The topological polar surface area (TPSA) is 104 Å². The number of rotatable bonds is 8. The molecule has 138 valence electrons. The zero-order chi connectivity index (χ0) is 18.4. The minimum absolute atomic E-state index is 0.0627. The van der Waals surface area contributed by atoms with Crippen molar-refractivity contribution >= 4 is 21.9 Å². The highest BCUT2D eigenvalue weighted by atomic mass is 32.2. The number of hydrogen-bond donors (Lipinski definition) is 2. The third kappa shape index (κ3) is 5.02. The number of carboxylic acids is 1. The third-order valence-corrected chi connectivity index (χ3v) is 6.17. The van der Waals surface area contributed by atoms with Crippen LogP contribution >= 0.6 is 0 Å². The molecule has 1 atom stereocenters. The second-order valence-electron chi connectivity index (χ2n) is 6.23. The molecule has 1 heterocycles. The summed E-state index contributed by atoms with van der Waals surface area (Å²) >= 11 is 0. The van der Waals surface area contributed by atoms with Crippen LogP contribution in [0.3, 0.4) is 0 Å². The monoisotopic (exact) mass is 368 g/mol. The van der Waals surface area contributed by atoms with Gasteiger partial charge in [-0.3, -0.25) is 9.59 Å². The average molecular weight is 368 g/mol. The lowest BCUT2D eigenvalue weighted by molar-refractivity contribution is -0.137. The van der Waals surface area contributed by atoms with Crippen molar-refractivity contribution in [3.63, 3.8) is 0 Å². The standard InChI is InChI=1S/C17H24N2O5S/c1-13-7-9-14(10-8-13)25(23,24)19-12-4-5-15(19)17(22)18-11-3-2-6-16(20)21/h7-10,15H,2-6,11-12H2,1H3,(H,18,22)(H,20,21)/t15-/m0/s1. The quantitative estimate of drug-likeness (QED) is 0.677. The van der Waals surface area contributed by atoms with E-state index in [1.807, 2.05) is 6.92 Å². The molecule has 0 unspecified atom stereocenters. The number of aliphatic carboxylic acids is 1. The highest BCUT2D eigenvalue weighted by Gasteiger charge is 2.39. The molecular weight excluding hydrogens is 344 g/mol. The van der Waals surface area contributed by atoms with Crippen LogP contribution in [0.5, 0.6) is 0 Å². The molecule has 1 aliphatic heterocycles. The van der Waals surface area contributed by atoms with E-state index in [2.05, 4.69) is 5.32 Å². The third-order valence-electron chi connectivity index (χ3n) is 4.25. The van der Waals surface area contributed by atoms with Crippen molar-refractivity contribution in [1.29, 1.82) is 0 Å². The first-order valence-electron chi connectivity index (χ1n) is 8.40. The smallest absolute Gasteiger partial charge is 0.303 e. The first kappa shape index (κ1) is 19.4. The van der Waals surface area contributed by atoms with Crippen molar-refractivity contribution in [3.8, 4) is 0 Å². The lowest BCUT2D eigenvalue weighted by atomic mass is 10.2. The van der Waals surface area contributed by atoms with Crippen LogP contribution in [0, 0.1) is 6.92 Å². The number of unbranched alkanes of at least 4 members (excludes halogenated alkanes) is 1. The van der Waals surface area contributed by atoms with Gasteiger partial charge >= 0.3 is 5.97 Å². The zero-order valence-corrected chi connectivity index (χ0v) is 15.1. The summed E-state index contributed by atoms with van der Waals surface area (Å²) in [5, 5.41) is 11.3. The Bertz CT molecular complexity index is 715. The van der Waals surface area contributed by atoms with Gasteiger partial charge in [0.05, 0.1) is 4.90 Å². The molecule has 1 aromatic carbocycles. The van der Waals surface area contributed by atoms with Gasteiger partial charge in [-0.1, -0.05) is 17.7 Å². The summed E-state index contributed by atoms with van der Waals surface area (Å²) in [6.45, 7) is 2.56. The number of benzene rings is 1. The fraction of sp³-hybridized carbons (Fsp3) is 0.529. The minimum atomic E-state index is -3.70. The lowest BCUT2D eigenvalue weighted by Crippen LogP contribution is -2.46. The van der Waals surface area contributed by atoms with E-state index in [9.17, 15) is 18.0 Å².